The highest BCUT2D eigenvalue weighted by molar-refractivity contribution is 5.85. The molecule has 0 spiro atoms. The van der Waals surface area contributed by atoms with Gasteiger partial charge in [0.1, 0.15) is 5.60 Å². The fourth-order valence-electron chi connectivity index (χ4n) is 2.38. The van der Waals surface area contributed by atoms with E-state index in [1.165, 1.54) is 0 Å². The second-order valence-electron chi connectivity index (χ2n) is 5.98. The van der Waals surface area contributed by atoms with E-state index in [9.17, 15) is 14.7 Å². The smallest absolute Gasteiger partial charge is 0.336 e. The molecule has 0 aliphatic carbocycles. The summed E-state index contributed by atoms with van der Waals surface area (Å²) >= 11 is 0. The maximum absolute atomic E-state index is 11.9. The van der Waals surface area contributed by atoms with Gasteiger partial charge in [0.15, 0.2) is 5.60 Å². The molecular weight excluding hydrogens is 272 g/mol. The Kier molecular flexibility index (Phi) is 4.32. The molecule has 1 heterocycles. The SMILES string of the molecule is CC1(C)CCC(OCc2ccccc2)(C(=O)O)CC(=O)O1. The van der Waals surface area contributed by atoms with E-state index in [1.807, 2.05) is 30.3 Å². The molecule has 1 N–H and O–H groups in total. The highest BCUT2D eigenvalue weighted by Gasteiger charge is 2.47. The Hall–Kier alpha value is -1.88. The topological polar surface area (TPSA) is 72.8 Å². The average Bonchev–Trinajstić information content (AvgIpc) is 2.54. The standard InChI is InChI=1S/C16H20O5/c1-15(2)8-9-16(14(18)19,10-13(17)21-15)20-11-12-6-4-3-5-7-12/h3-7H,8-11H2,1-2H3,(H,18,19). The van der Waals surface area contributed by atoms with Crippen molar-refractivity contribution in [2.45, 2.75) is 50.9 Å². The number of benzene rings is 1. The Labute approximate surface area is 123 Å². The number of carbonyl (C=O) groups excluding carboxylic acids is 1. The summed E-state index contributed by atoms with van der Waals surface area (Å²) < 4.78 is 10.9. The zero-order valence-corrected chi connectivity index (χ0v) is 12.3. The van der Waals surface area contributed by atoms with Crippen molar-refractivity contribution in [2.24, 2.45) is 0 Å². The lowest BCUT2D eigenvalue weighted by Crippen LogP contribution is -2.42. The molecule has 5 heteroatoms. The summed E-state index contributed by atoms with van der Waals surface area (Å²) in [5, 5.41) is 9.55. The Morgan fingerprint density at radius 3 is 2.57 bits per heavy atom. The second-order valence-corrected chi connectivity index (χ2v) is 5.98. The molecule has 1 unspecified atom stereocenters. The van der Waals surface area contributed by atoms with Crippen molar-refractivity contribution in [1.29, 1.82) is 0 Å². The molecule has 5 nitrogen and oxygen atoms in total. The molecule has 0 saturated carbocycles. The van der Waals surface area contributed by atoms with Crippen LogP contribution in [0.4, 0.5) is 0 Å². The maximum Gasteiger partial charge on any atom is 0.336 e. The molecule has 1 aliphatic rings. The first-order valence-electron chi connectivity index (χ1n) is 6.96. The fraction of sp³-hybridized carbons (Fsp3) is 0.500. The van der Waals surface area contributed by atoms with E-state index >= 15 is 0 Å². The number of carboxylic acids is 1. The van der Waals surface area contributed by atoms with Gasteiger partial charge in [-0.15, -0.1) is 0 Å². The molecule has 0 radical (unpaired) electrons. The molecule has 114 valence electrons. The quantitative estimate of drug-likeness (QED) is 0.863. The highest BCUT2D eigenvalue weighted by atomic mass is 16.6. The van der Waals surface area contributed by atoms with Gasteiger partial charge in [-0.25, -0.2) is 4.79 Å². The van der Waals surface area contributed by atoms with Crippen molar-refractivity contribution in [3.05, 3.63) is 35.9 Å². The predicted molar refractivity (Wildman–Crippen MR) is 75.6 cm³/mol. The van der Waals surface area contributed by atoms with Crippen LogP contribution in [0.5, 0.6) is 0 Å². The fourth-order valence-corrected chi connectivity index (χ4v) is 2.38. The normalized spacial score (nSPS) is 25.0. The third kappa shape index (κ3) is 3.82. The Morgan fingerprint density at radius 1 is 1.29 bits per heavy atom. The van der Waals surface area contributed by atoms with Gasteiger partial charge in [0.2, 0.25) is 0 Å². The van der Waals surface area contributed by atoms with Crippen LogP contribution in [0.25, 0.3) is 0 Å². The zero-order valence-electron chi connectivity index (χ0n) is 12.3. The molecular formula is C16H20O5. The van der Waals surface area contributed by atoms with Crippen molar-refractivity contribution in [3.63, 3.8) is 0 Å². The van der Waals surface area contributed by atoms with Crippen molar-refractivity contribution < 1.29 is 24.2 Å². The number of rotatable bonds is 4. The van der Waals surface area contributed by atoms with E-state index in [2.05, 4.69) is 0 Å². The van der Waals surface area contributed by atoms with Gasteiger partial charge in [-0.1, -0.05) is 30.3 Å². The molecule has 0 bridgehead atoms. The average molecular weight is 292 g/mol. The summed E-state index contributed by atoms with van der Waals surface area (Å²) in [4.78, 5) is 23.5. The van der Waals surface area contributed by atoms with E-state index in [0.29, 0.717) is 6.42 Å². The summed E-state index contributed by atoms with van der Waals surface area (Å²) in [6.07, 6.45) is 0.423. The molecule has 1 saturated heterocycles. The molecule has 1 aromatic rings. The van der Waals surface area contributed by atoms with E-state index in [1.54, 1.807) is 13.8 Å². The van der Waals surface area contributed by atoms with Gasteiger partial charge in [0.25, 0.3) is 0 Å². The minimum Gasteiger partial charge on any atom is -0.479 e. The highest BCUT2D eigenvalue weighted by Crippen LogP contribution is 2.34. The molecule has 1 aromatic carbocycles. The van der Waals surface area contributed by atoms with Crippen LogP contribution in [0.15, 0.2) is 30.3 Å². The maximum atomic E-state index is 11.9. The lowest BCUT2D eigenvalue weighted by molar-refractivity contribution is -0.175. The first-order chi connectivity index (χ1) is 9.83. The summed E-state index contributed by atoms with van der Waals surface area (Å²) in [7, 11) is 0. The number of carbonyl (C=O) groups is 2. The van der Waals surface area contributed by atoms with Crippen LogP contribution in [-0.4, -0.2) is 28.2 Å². The van der Waals surface area contributed by atoms with Gasteiger partial charge < -0.3 is 14.6 Å². The minimum atomic E-state index is -1.51. The van der Waals surface area contributed by atoms with Crippen LogP contribution in [0, 0.1) is 0 Å². The number of carboxylic acid groups (broad SMARTS) is 1. The molecule has 1 fully saturated rings. The molecule has 0 amide bonds. The first kappa shape index (κ1) is 15.5. The lowest BCUT2D eigenvalue weighted by Gasteiger charge is -2.27. The largest absolute Gasteiger partial charge is 0.479 e. The van der Waals surface area contributed by atoms with Crippen molar-refractivity contribution >= 4 is 11.9 Å². The number of hydrogen-bond donors (Lipinski definition) is 1. The summed E-state index contributed by atoms with van der Waals surface area (Å²) in [6.45, 7) is 3.71. The summed E-state index contributed by atoms with van der Waals surface area (Å²) in [5.41, 5.74) is -1.31. The van der Waals surface area contributed by atoms with Crippen LogP contribution >= 0.6 is 0 Å². The van der Waals surface area contributed by atoms with Crippen molar-refractivity contribution in [1.82, 2.24) is 0 Å². The Morgan fingerprint density at radius 2 is 1.95 bits per heavy atom. The Balaban J connectivity index is 2.16. The molecule has 1 aliphatic heterocycles. The number of cyclic esters (lactones) is 1. The van der Waals surface area contributed by atoms with Crippen LogP contribution in [0.2, 0.25) is 0 Å². The zero-order chi connectivity index (χ0) is 15.5. The van der Waals surface area contributed by atoms with Crippen LogP contribution in [0.3, 0.4) is 0 Å². The second kappa shape index (κ2) is 5.85. The number of ether oxygens (including phenoxy) is 2. The monoisotopic (exact) mass is 292 g/mol. The summed E-state index contributed by atoms with van der Waals surface area (Å²) in [5.74, 6) is -1.65. The van der Waals surface area contributed by atoms with E-state index in [-0.39, 0.29) is 19.4 Å². The minimum absolute atomic E-state index is 0.154. The van der Waals surface area contributed by atoms with Crippen LogP contribution in [0.1, 0.15) is 38.7 Å². The number of hydrogen-bond acceptors (Lipinski definition) is 4. The lowest BCUT2D eigenvalue weighted by atomic mass is 9.90. The molecule has 2 rings (SSSR count). The van der Waals surface area contributed by atoms with Gasteiger partial charge in [-0.2, -0.15) is 0 Å². The number of esters is 1. The molecule has 1 atom stereocenters. The van der Waals surface area contributed by atoms with Gasteiger partial charge in [0.05, 0.1) is 13.0 Å². The van der Waals surface area contributed by atoms with Gasteiger partial charge in [-0.05, 0) is 32.3 Å². The molecule has 21 heavy (non-hydrogen) atoms. The third-order valence-electron chi connectivity index (χ3n) is 3.70. The number of aliphatic carboxylic acids is 1. The first-order valence-corrected chi connectivity index (χ1v) is 6.96. The van der Waals surface area contributed by atoms with Gasteiger partial charge in [0, 0.05) is 0 Å². The van der Waals surface area contributed by atoms with Gasteiger partial charge >= 0.3 is 11.9 Å². The Bertz CT molecular complexity index is 523. The predicted octanol–water partition coefficient (Wildman–Crippen LogP) is 2.53. The van der Waals surface area contributed by atoms with E-state index in [4.69, 9.17) is 9.47 Å². The van der Waals surface area contributed by atoms with E-state index < -0.39 is 23.1 Å². The van der Waals surface area contributed by atoms with Crippen LogP contribution < -0.4 is 0 Å². The van der Waals surface area contributed by atoms with Gasteiger partial charge in [-0.3, -0.25) is 4.79 Å². The van der Waals surface area contributed by atoms with Crippen LogP contribution in [-0.2, 0) is 25.7 Å². The van der Waals surface area contributed by atoms with Crippen molar-refractivity contribution in [2.75, 3.05) is 0 Å². The third-order valence-corrected chi connectivity index (χ3v) is 3.70. The summed E-state index contributed by atoms with van der Waals surface area (Å²) in [6, 6.07) is 9.30. The molecule has 0 aromatic heterocycles. The van der Waals surface area contributed by atoms with Crippen molar-refractivity contribution in [3.8, 4) is 0 Å². The van der Waals surface area contributed by atoms with E-state index in [0.717, 1.165) is 5.56 Å².